The minimum Gasteiger partial charge on any atom is -0.297 e. The summed E-state index contributed by atoms with van der Waals surface area (Å²) < 4.78 is 37.6. The van der Waals surface area contributed by atoms with Gasteiger partial charge in [0.25, 0.3) is 0 Å². The second-order valence-corrected chi connectivity index (χ2v) is 5.04. The standard InChI is InChI=1S/C12H16F3N3/c1-8(2)6-18-4-3-9-5-16-11(12(13,14)15)17-10(9)7-18/h5,8H,3-4,6-7H2,1-2H3. The van der Waals surface area contributed by atoms with Crippen LogP contribution in [0.2, 0.25) is 0 Å². The molecule has 0 radical (unpaired) electrons. The van der Waals surface area contributed by atoms with Crippen LogP contribution in [0.4, 0.5) is 13.2 Å². The van der Waals surface area contributed by atoms with Gasteiger partial charge in [-0.2, -0.15) is 13.2 Å². The van der Waals surface area contributed by atoms with Crippen molar-refractivity contribution in [1.29, 1.82) is 0 Å². The fourth-order valence-electron chi connectivity index (χ4n) is 2.17. The fourth-order valence-corrected chi connectivity index (χ4v) is 2.17. The van der Waals surface area contributed by atoms with Crippen LogP contribution in [-0.4, -0.2) is 28.0 Å². The van der Waals surface area contributed by atoms with E-state index in [-0.39, 0.29) is 0 Å². The molecule has 0 bridgehead atoms. The maximum Gasteiger partial charge on any atom is 0.451 e. The van der Waals surface area contributed by atoms with Crippen LogP contribution >= 0.6 is 0 Å². The molecule has 0 saturated carbocycles. The Morgan fingerprint density at radius 2 is 2.11 bits per heavy atom. The highest BCUT2D eigenvalue weighted by Crippen LogP contribution is 2.27. The molecule has 1 aliphatic heterocycles. The highest BCUT2D eigenvalue weighted by atomic mass is 19.4. The van der Waals surface area contributed by atoms with E-state index >= 15 is 0 Å². The molecule has 100 valence electrons. The second-order valence-electron chi connectivity index (χ2n) is 5.04. The van der Waals surface area contributed by atoms with Crippen molar-refractivity contribution in [2.24, 2.45) is 5.92 Å². The molecular weight excluding hydrogens is 243 g/mol. The molecule has 0 unspecified atom stereocenters. The molecule has 0 atom stereocenters. The third-order valence-electron chi connectivity index (χ3n) is 2.90. The van der Waals surface area contributed by atoms with Crippen LogP contribution < -0.4 is 0 Å². The Bertz CT molecular complexity index is 429. The van der Waals surface area contributed by atoms with Crippen molar-refractivity contribution in [1.82, 2.24) is 14.9 Å². The minimum absolute atomic E-state index is 0.485. The van der Waals surface area contributed by atoms with Gasteiger partial charge < -0.3 is 0 Å². The van der Waals surface area contributed by atoms with Crippen molar-refractivity contribution in [2.45, 2.75) is 33.0 Å². The van der Waals surface area contributed by atoms with E-state index in [2.05, 4.69) is 28.7 Å². The number of aromatic nitrogens is 2. The summed E-state index contributed by atoms with van der Waals surface area (Å²) in [6.07, 6.45) is -2.42. The molecule has 6 heteroatoms. The smallest absolute Gasteiger partial charge is 0.297 e. The van der Waals surface area contributed by atoms with Gasteiger partial charge in [-0.1, -0.05) is 13.8 Å². The maximum absolute atomic E-state index is 12.5. The van der Waals surface area contributed by atoms with E-state index in [1.165, 1.54) is 6.20 Å². The van der Waals surface area contributed by atoms with Crippen LogP contribution in [0.1, 0.15) is 30.9 Å². The predicted molar refractivity (Wildman–Crippen MR) is 60.9 cm³/mol. The SMILES string of the molecule is CC(C)CN1CCc2cnc(C(F)(F)F)nc2C1. The largest absolute Gasteiger partial charge is 0.451 e. The lowest BCUT2D eigenvalue weighted by Gasteiger charge is -2.29. The first-order valence-electron chi connectivity index (χ1n) is 6.00. The van der Waals surface area contributed by atoms with Gasteiger partial charge in [0.2, 0.25) is 5.82 Å². The van der Waals surface area contributed by atoms with Crippen LogP contribution in [0.15, 0.2) is 6.20 Å². The Morgan fingerprint density at radius 1 is 1.39 bits per heavy atom. The Morgan fingerprint density at radius 3 is 2.72 bits per heavy atom. The molecule has 0 aromatic carbocycles. The van der Waals surface area contributed by atoms with E-state index in [1.807, 2.05) is 0 Å². The molecule has 0 spiro atoms. The first kappa shape index (κ1) is 13.3. The first-order chi connectivity index (χ1) is 8.36. The molecular formula is C12H16F3N3. The predicted octanol–water partition coefficient (Wildman–Crippen LogP) is 2.51. The Balaban J connectivity index is 2.19. The highest BCUT2D eigenvalue weighted by molar-refractivity contribution is 5.21. The summed E-state index contributed by atoms with van der Waals surface area (Å²) in [5.41, 5.74) is 1.35. The maximum atomic E-state index is 12.5. The fraction of sp³-hybridized carbons (Fsp3) is 0.667. The van der Waals surface area contributed by atoms with Crippen molar-refractivity contribution in [3.8, 4) is 0 Å². The number of fused-ring (bicyclic) bond motifs is 1. The molecule has 0 aliphatic carbocycles. The molecule has 0 saturated heterocycles. The number of halogens is 3. The van der Waals surface area contributed by atoms with Crippen LogP contribution in [-0.2, 0) is 19.1 Å². The van der Waals surface area contributed by atoms with Gasteiger partial charge >= 0.3 is 6.18 Å². The molecule has 2 heterocycles. The Kier molecular flexibility index (Phi) is 3.56. The lowest BCUT2D eigenvalue weighted by molar-refractivity contribution is -0.145. The van der Waals surface area contributed by atoms with Crippen molar-refractivity contribution in [3.63, 3.8) is 0 Å². The van der Waals surface area contributed by atoms with E-state index in [4.69, 9.17) is 0 Å². The van der Waals surface area contributed by atoms with Gasteiger partial charge in [-0.25, -0.2) is 9.97 Å². The van der Waals surface area contributed by atoms with Crippen molar-refractivity contribution >= 4 is 0 Å². The second kappa shape index (κ2) is 4.84. The molecule has 3 nitrogen and oxygen atoms in total. The molecule has 18 heavy (non-hydrogen) atoms. The number of hydrogen-bond donors (Lipinski definition) is 0. The minimum atomic E-state index is -4.46. The third-order valence-corrected chi connectivity index (χ3v) is 2.90. The van der Waals surface area contributed by atoms with Gasteiger partial charge in [-0.05, 0) is 17.9 Å². The first-order valence-corrected chi connectivity index (χ1v) is 6.00. The van der Waals surface area contributed by atoms with Gasteiger partial charge in [-0.15, -0.1) is 0 Å². The zero-order valence-corrected chi connectivity index (χ0v) is 10.5. The monoisotopic (exact) mass is 259 g/mol. The number of hydrogen-bond acceptors (Lipinski definition) is 3. The summed E-state index contributed by atoms with van der Waals surface area (Å²) in [6, 6.07) is 0. The number of alkyl halides is 3. The summed E-state index contributed by atoms with van der Waals surface area (Å²) in [6.45, 7) is 6.41. The van der Waals surface area contributed by atoms with Crippen molar-refractivity contribution in [2.75, 3.05) is 13.1 Å². The van der Waals surface area contributed by atoms with Crippen molar-refractivity contribution < 1.29 is 13.2 Å². The third kappa shape index (κ3) is 2.98. The van der Waals surface area contributed by atoms with Crippen LogP contribution in [0.3, 0.4) is 0 Å². The average molecular weight is 259 g/mol. The number of nitrogens with zero attached hydrogens (tertiary/aromatic N) is 3. The van der Waals surface area contributed by atoms with Gasteiger partial charge in [0.1, 0.15) is 0 Å². The molecule has 1 aromatic heterocycles. The molecule has 0 amide bonds. The van der Waals surface area contributed by atoms with Gasteiger partial charge in [0.05, 0.1) is 5.69 Å². The van der Waals surface area contributed by atoms with E-state index in [9.17, 15) is 13.2 Å². The lowest BCUT2D eigenvalue weighted by Crippen LogP contribution is -2.34. The lowest BCUT2D eigenvalue weighted by atomic mass is 10.1. The topological polar surface area (TPSA) is 29.0 Å². The summed E-state index contributed by atoms with van der Waals surface area (Å²) in [5, 5.41) is 0. The summed E-state index contributed by atoms with van der Waals surface area (Å²) in [4.78, 5) is 9.20. The highest BCUT2D eigenvalue weighted by Gasteiger charge is 2.35. The van der Waals surface area contributed by atoms with E-state index < -0.39 is 12.0 Å². The summed E-state index contributed by atoms with van der Waals surface area (Å²) >= 11 is 0. The van der Waals surface area contributed by atoms with Crippen molar-refractivity contribution in [3.05, 3.63) is 23.3 Å². The van der Waals surface area contributed by atoms with Gasteiger partial charge in [0, 0.05) is 25.8 Å². The summed E-state index contributed by atoms with van der Waals surface area (Å²) in [5.74, 6) is -0.539. The Hall–Kier alpha value is -1.17. The average Bonchev–Trinajstić information content (AvgIpc) is 2.26. The van der Waals surface area contributed by atoms with Gasteiger partial charge in [-0.3, -0.25) is 4.90 Å². The van der Waals surface area contributed by atoms with E-state index in [0.29, 0.717) is 18.2 Å². The van der Waals surface area contributed by atoms with Crippen LogP contribution in [0.5, 0.6) is 0 Å². The molecule has 2 rings (SSSR count). The molecule has 1 aromatic rings. The van der Waals surface area contributed by atoms with Gasteiger partial charge in [0.15, 0.2) is 0 Å². The molecule has 0 N–H and O–H groups in total. The number of rotatable bonds is 2. The zero-order chi connectivity index (χ0) is 13.3. The quantitative estimate of drug-likeness (QED) is 0.817. The van der Waals surface area contributed by atoms with Crippen LogP contribution in [0, 0.1) is 5.92 Å². The summed E-state index contributed by atoms with van der Waals surface area (Å²) in [7, 11) is 0. The Labute approximate surface area is 104 Å². The van der Waals surface area contributed by atoms with Crippen LogP contribution in [0.25, 0.3) is 0 Å². The molecule has 1 aliphatic rings. The normalized spacial score (nSPS) is 17.0. The zero-order valence-electron chi connectivity index (χ0n) is 10.5. The van der Waals surface area contributed by atoms with E-state index in [1.54, 1.807) is 0 Å². The van der Waals surface area contributed by atoms with E-state index in [0.717, 1.165) is 25.1 Å². The molecule has 0 fully saturated rings.